The standard InChI is InChI=1S/C21H26N4O2/c1-16(18-6-8-20(26-3)9-7-18)24(2)12-17-5-10-21(27-4)19(11-17)13-25-15-22-14-23-25/h5-11,14-16H,12-13H2,1-4H3. The molecule has 1 unspecified atom stereocenters. The molecule has 0 aliphatic carbocycles. The SMILES string of the molecule is COc1ccc(C(C)N(C)Cc2ccc(OC)c(Cn3cncn3)c2)cc1. The molecule has 0 amide bonds. The molecule has 0 fully saturated rings. The summed E-state index contributed by atoms with van der Waals surface area (Å²) in [6.45, 7) is 3.68. The smallest absolute Gasteiger partial charge is 0.137 e. The molecule has 2 aromatic carbocycles. The van der Waals surface area contributed by atoms with Gasteiger partial charge in [0.25, 0.3) is 0 Å². The van der Waals surface area contributed by atoms with E-state index in [1.54, 1.807) is 31.6 Å². The zero-order valence-electron chi connectivity index (χ0n) is 16.3. The summed E-state index contributed by atoms with van der Waals surface area (Å²) in [5.41, 5.74) is 3.58. The van der Waals surface area contributed by atoms with Gasteiger partial charge in [-0.15, -0.1) is 0 Å². The first-order valence-electron chi connectivity index (χ1n) is 8.93. The monoisotopic (exact) mass is 366 g/mol. The molecule has 0 N–H and O–H groups in total. The van der Waals surface area contributed by atoms with Crippen molar-refractivity contribution in [2.75, 3.05) is 21.3 Å². The summed E-state index contributed by atoms with van der Waals surface area (Å²) in [6, 6.07) is 14.8. The number of methoxy groups -OCH3 is 2. The van der Waals surface area contributed by atoms with Crippen molar-refractivity contribution in [3.63, 3.8) is 0 Å². The third-order valence-corrected chi connectivity index (χ3v) is 4.84. The van der Waals surface area contributed by atoms with Gasteiger partial charge in [0.1, 0.15) is 24.2 Å². The van der Waals surface area contributed by atoms with Crippen molar-refractivity contribution < 1.29 is 9.47 Å². The van der Waals surface area contributed by atoms with Crippen molar-refractivity contribution in [3.05, 3.63) is 71.8 Å². The Morgan fingerprint density at radius 1 is 1.07 bits per heavy atom. The molecular formula is C21H26N4O2. The lowest BCUT2D eigenvalue weighted by Crippen LogP contribution is -2.22. The summed E-state index contributed by atoms with van der Waals surface area (Å²) in [7, 11) is 5.51. The van der Waals surface area contributed by atoms with Crippen molar-refractivity contribution >= 4 is 0 Å². The predicted octanol–water partition coefficient (Wildman–Crippen LogP) is 3.54. The molecule has 0 saturated heterocycles. The molecule has 6 nitrogen and oxygen atoms in total. The van der Waals surface area contributed by atoms with Crippen LogP contribution in [-0.2, 0) is 13.1 Å². The summed E-state index contributed by atoms with van der Waals surface area (Å²) >= 11 is 0. The number of hydrogen-bond donors (Lipinski definition) is 0. The minimum Gasteiger partial charge on any atom is -0.497 e. The third-order valence-electron chi connectivity index (χ3n) is 4.84. The molecule has 0 bridgehead atoms. The molecule has 1 atom stereocenters. The van der Waals surface area contributed by atoms with Crippen molar-refractivity contribution in [3.8, 4) is 11.5 Å². The molecular weight excluding hydrogens is 340 g/mol. The highest BCUT2D eigenvalue weighted by atomic mass is 16.5. The molecule has 0 aliphatic heterocycles. The van der Waals surface area contributed by atoms with Crippen molar-refractivity contribution in [1.82, 2.24) is 19.7 Å². The molecule has 3 aromatic rings. The number of rotatable bonds is 8. The zero-order chi connectivity index (χ0) is 19.2. The Hall–Kier alpha value is -2.86. The molecule has 0 aliphatic rings. The van der Waals surface area contributed by atoms with E-state index in [2.05, 4.69) is 53.2 Å². The highest BCUT2D eigenvalue weighted by Crippen LogP contribution is 2.25. The van der Waals surface area contributed by atoms with Crippen LogP contribution in [0.4, 0.5) is 0 Å². The highest BCUT2D eigenvalue weighted by molar-refractivity contribution is 5.37. The second-order valence-corrected chi connectivity index (χ2v) is 6.60. The summed E-state index contributed by atoms with van der Waals surface area (Å²) < 4.78 is 12.5. The van der Waals surface area contributed by atoms with Crippen molar-refractivity contribution in [1.29, 1.82) is 0 Å². The van der Waals surface area contributed by atoms with Gasteiger partial charge in [-0.25, -0.2) is 9.67 Å². The van der Waals surface area contributed by atoms with E-state index in [9.17, 15) is 0 Å². The van der Waals surface area contributed by atoms with Crippen LogP contribution in [0.5, 0.6) is 11.5 Å². The Labute approximate surface area is 160 Å². The van der Waals surface area contributed by atoms with Gasteiger partial charge in [-0.05, 0) is 49.4 Å². The largest absolute Gasteiger partial charge is 0.497 e. The van der Waals surface area contributed by atoms with E-state index in [1.165, 1.54) is 11.1 Å². The lowest BCUT2D eigenvalue weighted by atomic mass is 10.0. The van der Waals surface area contributed by atoms with Crippen LogP contribution in [0.25, 0.3) is 0 Å². The first-order valence-corrected chi connectivity index (χ1v) is 8.93. The number of nitrogens with zero attached hydrogens (tertiary/aromatic N) is 4. The average Bonchev–Trinajstić information content (AvgIpc) is 3.21. The Balaban J connectivity index is 1.73. The van der Waals surface area contributed by atoms with Gasteiger partial charge >= 0.3 is 0 Å². The number of hydrogen-bond acceptors (Lipinski definition) is 5. The lowest BCUT2D eigenvalue weighted by Gasteiger charge is -2.25. The maximum absolute atomic E-state index is 5.51. The Kier molecular flexibility index (Phi) is 6.08. The molecule has 1 aromatic heterocycles. The summed E-state index contributed by atoms with van der Waals surface area (Å²) in [5, 5.41) is 4.19. The maximum atomic E-state index is 5.51. The molecule has 0 spiro atoms. The van der Waals surface area contributed by atoms with Gasteiger partial charge in [-0.3, -0.25) is 4.90 Å². The Bertz CT molecular complexity index is 847. The van der Waals surface area contributed by atoms with Crippen LogP contribution in [0.3, 0.4) is 0 Å². The fraction of sp³-hybridized carbons (Fsp3) is 0.333. The Morgan fingerprint density at radius 2 is 1.85 bits per heavy atom. The van der Waals surface area contributed by atoms with Crippen LogP contribution in [0.15, 0.2) is 55.1 Å². The van der Waals surface area contributed by atoms with Gasteiger partial charge in [0, 0.05) is 18.2 Å². The molecule has 142 valence electrons. The van der Waals surface area contributed by atoms with Crippen LogP contribution in [0.2, 0.25) is 0 Å². The average molecular weight is 366 g/mol. The molecule has 27 heavy (non-hydrogen) atoms. The fourth-order valence-electron chi connectivity index (χ4n) is 3.10. The molecule has 6 heteroatoms. The van der Waals surface area contributed by atoms with E-state index in [0.717, 1.165) is 23.6 Å². The van der Waals surface area contributed by atoms with Gasteiger partial charge in [0.05, 0.1) is 20.8 Å². The van der Waals surface area contributed by atoms with Crippen LogP contribution < -0.4 is 9.47 Å². The molecule has 3 rings (SSSR count). The molecule has 0 radical (unpaired) electrons. The van der Waals surface area contributed by atoms with Crippen LogP contribution >= 0.6 is 0 Å². The topological polar surface area (TPSA) is 52.4 Å². The number of benzene rings is 2. The molecule has 0 saturated carbocycles. The van der Waals surface area contributed by atoms with Gasteiger partial charge < -0.3 is 9.47 Å². The summed E-state index contributed by atoms with van der Waals surface area (Å²) in [5.74, 6) is 1.74. The van der Waals surface area contributed by atoms with Gasteiger partial charge in [0.2, 0.25) is 0 Å². The van der Waals surface area contributed by atoms with Gasteiger partial charge in [-0.2, -0.15) is 5.10 Å². The van der Waals surface area contributed by atoms with E-state index in [-0.39, 0.29) is 6.04 Å². The lowest BCUT2D eigenvalue weighted by molar-refractivity contribution is 0.252. The van der Waals surface area contributed by atoms with E-state index in [4.69, 9.17) is 9.47 Å². The minimum atomic E-state index is 0.289. The maximum Gasteiger partial charge on any atom is 0.137 e. The van der Waals surface area contributed by atoms with Gasteiger partial charge in [0.15, 0.2) is 0 Å². The first-order chi connectivity index (χ1) is 13.1. The fourth-order valence-corrected chi connectivity index (χ4v) is 3.10. The normalized spacial score (nSPS) is 12.2. The van der Waals surface area contributed by atoms with E-state index >= 15 is 0 Å². The van der Waals surface area contributed by atoms with Crippen LogP contribution in [-0.4, -0.2) is 40.9 Å². The van der Waals surface area contributed by atoms with E-state index < -0.39 is 0 Å². The number of aromatic nitrogens is 3. The van der Waals surface area contributed by atoms with E-state index in [0.29, 0.717) is 6.54 Å². The highest BCUT2D eigenvalue weighted by Gasteiger charge is 2.14. The summed E-state index contributed by atoms with van der Waals surface area (Å²) in [6.07, 6.45) is 3.25. The molecule has 1 heterocycles. The second kappa shape index (κ2) is 8.68. The van der Waals surface area contributed by atoms with Gasteiger partial charge in [-0.1, -0.05) is 18.2 Å². The minimum absolute atomic E-state index is 0.289. The van der Waals surface area contributed by atoms with Crippen LogP contribution in [0, 0.1) is 0 Å². The summed E-state index contributed by atoms with van der Waals surface area (Å²) in [4.78, 5) is 6.33. The number of ether oxygens (including phenoxy) is 2. The quantitative estimate of drug-likeness (QED) is 0.610. The first kappa shape index (κ1) is 18.9. The zero-order valence-corrected chi connectivity index (χ0v) is 16.3. The second-order valence-electron chi connectivity index (χ2n) is 6.60. The predicted molar refractivity (Wildman–Crippen MR) is 105 cm³/mol. The van der Waals surface area contributed by atoms with E-state index in [1.807, 2.05) is 18.2 Å². The third kappa shape index (κ3) is 4.65. The van der Waals surface area contributed by atoms with Crippen LogP contribution in [0.1, 0.15) is 29.7 Å². The Morgan fingerprint density at radius 3 is 2.48 bits per heavy atom. The van der Waals surface area contributed by atoms with Crippen molar-refractivity contribution in [2.45, 2.75) is 26.1 Å². The van der Waals surface area contributed by atoms with Crippen molar-refractivity contribution in [2.24, 2.45) is 0 Å².